The van der Waals surface area contributed by atoms with E-state index in [4.69, 9.17) is 66.3 Å². The van der Waals surface area contributed by atoms with Crippen molar-refractivity contribution >= 4 is 30.0 Å². The van der Waals surface area contributed by atoms with E-state index in [1.165, 1.54) is 26.3 Å². The number of allylic oxidation sites excluding steroid dienone is 2. The maximum Gasteiger partial charge on any atom is 0.315 e. The Morgan fingerprint density at radius 2 is 1.14 bits per heavy atom. The van der Waals surface area contributed by atoms with Gasteiger partial charge < -0.3 is 96.3 Å². The van der Waals surface area contributed by atoms with Gasteiger partial charge in [-0.25, -0.2) is 0 Å². The molecule has 0 aromatic rings. The van der Waals surface area contributed by atoms with Crippen LogP contribution in [0.25, 0.3) is 0 Å². The van der Waals surface area contributed by atoms with E-state index in [1.54, 1.807) is 13.8 Å². The number of carbonyl (C=O) groups excluding carboxylic acids is 5. The third-order valence-corrected chi connectivity index (χ3v) is 35.1. The van der Waals surface area contributed by atoms with Crippen LogP contribution in [0.3, 0.4) is 0 Å². The minimum Gasteiger partial charge on any atom is -0.459 e. The molecule has 0 amide bonds. The van der Waals surface area contributed by atoms with Gasteiger partial charge in [-0.15, -0.1) is 0 Å². The van der Waals surface area contributed by atoms with E-state index >= 15 is 4.79 Å². The van der Waals surface area contributed by atoms with Gasteiger partial charge in [0.15, 0.2) is 44.0 Å². The molecule has 8 fully saturated rings. The lowest BCUT2D eigenvalue weighted by molar-refractivity contribution is -0.363. The van der Waals surface area contributed by atoms with Crippen molar-refractivity contribution in [2.75, 3.05) is 6.61 Å². The molecule has 23 heteroatoms. The fraction of sp³-hybridized carbons (Fsp3) is 0.930. The smallest absolute Gasteiger partial charge is 0.315 e. The number of aldehydes is 1. The first-order valence-corrected chi connectivity index (χ1v) is 48.4. The molecule has 5 aliphatic carbocycles. The molecule has 44 atom stereocenters. The molecular weight excluding hydrogens is 1570 g/mol. The van der Waals surface area contributed by atoms with E-state index in [1.807, 2.05) is 48.5 Å². The van der Waals surface area contributed by atoms with Crippen molar-refractivity contribution in [1.29, 1.82) is 0 Å². The van der Waals surface area contributed by atoms with E-state index < -0.39 is 156 Å². The van der Waals surface area contributed by atoms with Crippen LogP contribution in [-0.2, 0) is 90.3 Å². The Kier molecular flexibility index (Phi) is 35.2. The van der Waals surface area contributed by atoms with E-state index in [2.05, 4.69) is 145 Å². The minimum absolute atomic E-state index is 0.0262. The predicted octanol–water partition coefficient (Wildman–Crippen LogP) is 18.0. The maximum atomic E-state index is 16.7. The maximum absolute atomic E-state index is 16.7. The summed E-state index contributed by atoms with van der Waals surface area (Å²) < 4.78 is 94.7. The lowest BCUT2D eigenvalue weighted by Gasteiger charge is -2.72. The second-order valence-electron chi connectivity index (χ2n) is 44.1. The van der Waals surface area contributed by atoms with Crippen LogP contribution >= 0.6 is 0 Å². The first-order chi connectivity index (χ1) is 57.3. The molecule has 0 spiro atoms. The highest BCUT2D eigenvalue weighted by molar-refractivity contribution is 5.79. The zero-order chi connectivity index (χ0) is 91.9. The van der Waals surface area contributed by atoms with Crippen molar-refractivity contribution in [3.8, 4) is 0 Å². The van der Waals surface area contributed by atoms with Crippen molar-refractivity contribution in [3.63, 3.8) is 0 Å². The number of carbonyl (C=O) groups is 5. The van der Waals surface area contributed by atoms with E-state index in [9.17, 15) is 39.6 Å². The molecular formula is C100H172O23. The third-order valence-electron chi connectivity index (χ3n) is 35.1. The van der Waals surface area contributed by atoms with Crippen LogP contribution in [0, 0.1) is 151 Å². The normalized spacial score (nSPS) is 42.6. The van der Waals surface area contributed by atoms with Gasteiger partial charge in [0, 0.05) is 67.6 Å². The number of hydrogen-bond acceptors (Lipinski definition) is 23. The number of hydrogen-bond donors (Lipinski definition) is 4. The Balaban J connectivity index is 1.01. The van der Waals surface area contributed by atoms with Crippen molar-refractivity contribution < 1.29 is 111 Å². The molecule has 4 saturated carbocycles. The minimum atomic E-state index is -1.76. The Labute approximate surface area is 741 Å². The summed E-state index contributed by atoms with van der Waals surface area (Å²) in [6, 6.07) is 0. The Hall–Kier alpha value is -3.11. The van der Waals surface area contributed by atoms with Gasteiger partial charge in [0.05, 0.1) is 66.3 Å². The topological polar surface area (TPSA) is 295 Å². The van der Waals surface area contributed by atoms with Gasteiger partial charge in [-0.3, -0.25) is 14.4 Å². The monoisotopic (exact) mass is 1740 g/mol. The molecule has 4 aliphatic heterocycles. The van der Waals surface area contributed by atoms with Crippen LogP contribution in [0.2, 0.25) is 0 Å². The summed E-state index contributed by atoms with van der Waals surface area (Å²) in [6.07, 6.45) is -5.65. The number of Topliss-reactive ketones (excluding diaryl/α,β-unsaturated/α-hetero) is 1. The summed E-state index contributed by atoms with van der Waals surface area (Å²) >= 11 is 0. The molecule has 9 aliphatic rings. The largest absolute Gasteiger partial charge is 0.459 e. The van der Waals surface area contributed by atoms with Crippen molar-refractivity contribution in [3.05, 3.63) is 11.6 Å². The molecule has 0 radical (unpaired) electrons. The fourth-order valence-electron chi connectivity index (χ4n) is 25.3. The van der Waals surface area contributed by atoms with Crippen molar-refractivity contribution in [2.24, 2.45) is 151 Å². The van der Waals surface area contributed by atoms with Gasteiger partial charge in [0.1, 0.15) is 36.5 Å². The van der Waals surface area contributed by atoms with Crippen LogP contribution in [0.15, 0.2) is 11.6 Å². The number of aliphatic hydroxyl groups excluding tert-OH is 4. The van der Waals surface area contributed by atoms with Gasteiger partial charge in [0.25, 0.3) is 0 Å². The molecule has 23 nitrogen and oxygen atoms in total. The average molecular weight is 1740 g/mol. The van der Waals surface area contributed by atoms with Gasteiger partial charge >= 0.3 is 17.9 Å². The highest BCUT2D eigenvalue weighted by Gasteiger charge is 2.72. The van der Waals surface area contributed by atoms with E-state index in [0.717, 1.165) is 44.8 Å². The molecule has 9 rings (SSSR count). The summed E-state index contributed by atoms with van der Waals surface area (Å²) in [5.74, 6) is -3.95. The first-order valence-electron chi connectivity index (χ1n) is 48.4. The predicted molar refractivity (Wildman–Crippen MR) is 469 cm³/mol. The zero-order valence-electron chi connectivity index (χ0n) is 81.9. The van der Waals surface area contributed by atoms with E-state index in [-0.39, 0.29) is 137 Å². The fourth-order valence-corrected chi connectivity index (χ4v) is 25.3. The Morgan fingerprint density at radius 3 is 1.74 bits per heavy atom. The molecule has 0 bridgehead atoms. The summed E-state index contributed by atoms with van der Waals surface area (Å²) in [5.41, 5.74) is -2.13. The summed E-state index contributed by atoms with van der Waals surface area (Å²) in [7, 11) is 0. The van der Waals surface area contributed by atoms with Crippen LogP contribution in [0.4, 0.5) is 0 Å². The Morgan fingerprint density at radius 1 is 0.545 bits per heavy atom. The van der Waals surface area contributed by atoms with Crippen LogP contribution < -0.4 is 0 Å². The highest BCUT2D eigenvalue weighted by Crippen LogP contribution is 2.77. The van der Waals surface area contributed by atoms with Gasteiger partial charge in [-0.2, -0.15) is 0 Å². The molecule has 4 N–H and O–H groups in total. The second-order valence-corrected chi connectivity index (χ2v) is 44.1. The molecule has 0 aromatic heterocycles. The zero-order valence-corrected chi connectivity index (χ0v) is 81.9. The van der Waals surface area contributed by atoms with Crippen LogP contribution in [-0.4, -0.2) is 181 Å². The SMILES string of the molecule is CCC(C)CC(C)C(C)C(O)OC(C(O)O[C@H]1CC[C@@]2(C)C(CC[C@]3(C)C2CC=C2C4CC(C)(C)CC[C@]4(C(=O)OC4OC(C)C(OC(O)C(C)C(OC(C)=O)C(CC)OC(C)=O)C(C)C4OC4OC(C)C(OC5OCC(C)C(OC6OC(CC)C(C)C(C)C6C)C5C)C(C)C4C)C(C)CC23C)[C@]1(C)C=O)C(OC(O)C(C)C(C)C(C)C)C(C)CC(C)=O. The highest BCUT2D eigenvalue weighted by atomic mass is 16.8. The van der Waals surface area contributed by atoms with E-state index in [0.29, 0.717) is 62.9 Å². The Bertz CT molecular complexity index is 3480. The third kappa shape index (κ3) is 21.3. The molecule has 123 heavy (non-hydrogen) atoms. The molecule has 710 valence electrons. The number of ketones is 1. The lowest BCUT2D eigenvalue weighted by Crippen LogP contribution is -2.67. The molecule has 0 aromatic carbocycles. The molecule has 39 unspecified atom stereocenters. The number of esters is 3. The standard InChI is InChI=1S/C100H172O23/c1-33-51(6)44-52(7)58(13)86(105)119-85(80(53(8)45-56(11)102)117-87(106)62(17)57(12)50(4)5)89(108)116-78-39-40-96(29)76(97(78,30)49-101)38-41-98(31)77(96)37-36-72-73-47-95(27,28)42-43-100(73,55(10)46-99(72,98)32)94(109)123-93-84(65(20)82(69(24)112-93)118-88(107)66(21)83(114-71(26)104)75(35-3)113-70(25)103)122-91-64(19)61(16)81(68(23)111-91)121-90-67(22)79(54(9)48-110-90)120-92-63(18)59(14)60(15)74(34-2)115-92/h36,49-55,57-69,73-93,105-108H,33-35,37-48H2,1-32H3/t51?,52?,53?,54?,55?,57?,58?,59?,60?,61?,62?,63?,64?,65?,66?,67?,68?,69?,73?,74?,75?,76?,77?,78-,79?,80?,81?,82?,83?,84?,85?,86?,87?,88?,89?,90?,91?,92?,93?,96-,97-,98+,99?,100-/m0/s1. The number of ether oxygens (including phenoxy) is 14. The van der Waals surface area contributed by atoms with Crippen molar-refractivity contribution in [2.45, 2.75) is 435 Å². The number of fused-ring (bicyclic) bond motifs is 7. The second kappa shape index (κ2) is 41.8. The number of aliphatic hydroxyl groups is 4. The quantitative estimate of drug-likeness (QED) is 0.0148. The first kappa shape index (κ1) is 104. The molecule has 4 heterocycles. The van der Waals surface area contributed by atoms with Gasteiger partial charge in [-0.1, -0.05) is 205 Å². The van der Waals surface area contributed by atoms with Crippen LogP contribution in [0.5, 0.6) is 0 Å². The van der Waals surface area contributed by atoms with Crippen LogP contribution in [0.1, 0.15) is 311 Å². The number of rotatable bonds is 37. The van der Waals surface area contributed by atoms with Gasteiger partial charge in [0.2, 0.25) is 6.29 Å². The average Bonchev–Trinajstić information content (AvgIpc) is 0.669. The van der Waals surface area contributed by atoms with Crippen molar-refractivity contribution in [1.82, 2.24) is 0 Å². The molecule has 4 saturated heterocycles. The van der Waals surface area contributed by atoms with Gasteiger partial charge in [-0.05, 0) is 190 Å². The lowest BCUT2D eigenvalue weighted by atomic mass is 9.32. The summed E-state index contributed by atoms with van der Waals surface area (Å²) in [6.45, 7) is 65.8. The summed E-state index contributed by atoms with van der Waals surface area (Å²) in [4.78, 5) is 69.5. The summed E-state index contributed by atoms with van der Waals surface area (Å²) in [5, 5.41) is 49.4.